The van der Waals surface area contributed by atoms with Crippen LogP contribution in [0.2, 0.25) is 0 Å². The summed E-state index contributed by atoms with van der Waals surface area (Å²) < 4.78 is 5.79. The fourth-order valence-corrected chi connectivity index (χ4v) is 2.84. The van der Waals surface area contributed by atoms with E-state index in [0.29, 0.717) is 44.3 Å². The van der Waals surface area contributed by atoms with Crippen molar-refractivity contribution in [1.29, 1.82) is 0 Å². The standard InChI is InChI=1S/C24H34N4O3/c1-3-25-24(28-16-19(2)17-31-18-20-9-5-4-6-10-20)27-14-8-13-26-23(30)21-11-7-12-22(29)15-21/h4-7,9-12,15,19,29H,3,8,13-14,16-18H2,1-2H3,(H,26,30)(H2,25,27,28). The maximum absolute atomic E-state index is 12.1. The van der Waals surface area contributed by atoms with Crippen LogP contribution >= 0.6 is 0 Å². The fourth-order valence-electron chi connectivity index (χ4n) is 2.84. The fraction of sp³-hybridized carbons (Fsp3) is 0.417. The first-order valence-corrected chi connectivity index (χ1v) is 10.8. The number of nitrogens with one attached hydrogen (secondary N) is 3. The monoisotopic (exact) mass is 426 g/mol. The molecule has 0 saturated carbocycles. The lowest BCUT2D eigenvalue weighted by molar-refractivity contribution is 0.0945. The summed E-state index contributed by atoms with van der Waals surface area (Å²) in [7, 11) is 0. The second-order valence-electron chi connectivity index (χ2n) is 7.41. The first-order chi connectivity index (χ1) is 15.1. The molecule has 2 aromatic rings. The molecule has 0 aliphatic rings. The van der Waals surface area contributed by atoms with Crippen molar-refractivity contribution in [1.82, 2.24) is 16.0 Å². The molecule has 0 saturated heterocycles. The van der Waals surface area contributed by atoms with Crippen LogP contribution in [0, 0.1) is 5.92 Å². The molecule has 7 heteroatoms. The first-order valence-electron chi connectivity index (χ1n) is 10.8. The lowest BCUT2D eigenvalue weighted by Crippen LogP contribution is -2.39. The summed E-state index contributed by atoms with van der Waals surface area (Å²) in [6.45, 7) is 8.07. The van der Waals surface area contributed by atoms with Gasteiger partial charge in [-0.05, 0) is 43.0 Å². The Balaban J connectivity index is 1.64. The van der Waals surface area contributed by atoms with Crippen LogP contribution in [0.15, 0.2) is 59.6 Å². The maximum Gasteiger partial charge on any atom is 0.251 e. The molecule has 0 bridgehead atoms. The molecule has 2 rings (SSSR count). The normalized spacial score (nSPS) is 12.3. The Labute approximate surface area is 184 Å². The molecule has 31 heavy (non-hydrogen) atoms. The zero-order valence-corrected chi connectivity index (χ0v) is 18.4. The van der Waals surface area contributed by atoms with Crippen LogP contribution in [-0.2, 0) is 11.3 Å². The van der Waals surface area contributed by atoms with Crippen LogP contribution in [0.25, 0.3) is 0 Å². The third-order valence-electron chi connectivity index (χ3n) is 4.46. The highest BCUT2D eigenvalue weighted by Crippen LogP contribution is 2.10. The highest BCUT2D eigenvalue weighted by Gasteiger charge is 2.06. The number of ether oxygens (including phenoxy) is 1. The van der Waals surface area contributed by atoms with Gasteiger partial charge in [0, 0.05) is 31.7 Å². The number of phenols is 1. The van der Waals surface area contributed by atoms with Gasteiger partial charge in [-0.2, -0.15) is 0 Å². The van der Waals surface area contributed by atoms with E-state index in [1.54, 1.807) is 18.2 Å². The van der Waals surface area contributed by atoms with Gasteiger partial charge in [-0.15, -0.1) is 0 Å². The Morgan fingerprint density at radius 2 is 1.84 bits per heavy atom. The van der Waals surface area contributed by atoms with Crippen molar-refractivity contribution in [2.24, 2.45) is 10.9 Å². The highest BCUT2D eigenvalue weighted by atomic mass is 16.5. The Morgan fingerprint density at radius 1 is 1.06 bits per heavy atom. The summed E-state index contributed by atoms with van der Waals surface area (Å²) in [5, 5.41) is 18.8. The lowest BCUT2D eigenvalue weighted by Gasteiger charge is -2.14. The minimum atomic E-state index is -0.194. The van der Waals surface area contributed by atoms with Gasteiger partial charge >= 0.3 is 0 Å². The molecule has 2 aromatic carbocycles. The van der Waals surface area contributed by atoms with E-state index in [1.807, 2.05) is 25.1 Å². The predicted octanol–water partition coefficient (Wildman–Crippen LogP) is 2.92. The number of benzene rings is 2. The van der Waals surface area contributed by atoms with Crippen LogP contribution in [0.4, 0.5) is 0 Å². The molecule has 1 unspecified atom stereocenters. The molecule has 1 atom stereocenters. The number of aliphatic imine (C=N–C) groups is 1. The largest absolute Gasteiger partial charge is 0.508 e. The number of guanidine groups is 1. The summed E-state index contributed by atoms with van der Waals surface area (Å²) in [4.78, 5) is 16.7. The van der Waals surface area contributed by atoms with Crippen LogP contribution < -0.4 is 16.0 Å². The van der Waals surface area contributed by atoms with Crippen molar-refractivity contribution < 1.29 is 14.6 Å². The maximum atomic E-state index is 12.1. The summed E-state index contributed by atoms with van der Waals surface area (Å²) in [6, 6.07) is 16.5. The number of carbonyl (C=O) groups is 1. The number of carbonyl (C=O) groups excluding carboxylic acids is 1. The minimum Gasteiger partial charge on any atom is -0.508 e. The topological polar surface area (TPSA) is 95.0 Å². The van der Waals surface area contributed by atoms with E-state index in [4.69, 9.17) is 4.74 Å². The number of phenolic OH excluding ortho intramolecular Hbond substituents is 1. The Bertz CT molecular complexity index is 811. The average Bonchev–Trinajstić information content (AvgIpc) is 2.77. The quantitative estimate of drug-likeness (QED) is 0.238. The molecule has 4 N–H and O–H groups in total. The van der Waals surface area contributed by atoms with Crippen molar-refractivity contribution in [2.75, 3.05) is 32.8 Å². The van der Waals surface area contributed by atoms with E-state index in [0.717, 1.165) is 18.9 Å². The van der Waals surface area contributed by atoms with Crippen molar-refractivity contribution in [3.8, 4) is 5.75 Å². The molecule has 7 nitrogen and oxygen atoms in total. The van der Waals surface area contributed by atoms with E-state index in [-0.39, 0.29) is 11.7 Å². The zero-order valence-electron chi connectivity index (χ0n) is 18.4. The summed E-state index contributed by atoms with van der Waals surface area (Å²) in [5.74, 6) is 0.957. The molecule has 0 fully saturated rings. The summed E-state index contributed by atoms with van der Waals surface area (Å²) in [5.41, 5.74) is 1.62. The van der Waals surface area contributed by atoms with Crippen molar-refractivity contribution >= 4 is 11.9 Å². The van der Waals surface area contributed by atoms with E-state index in [9.17, 15) is 9.90 Å². The molecule has 0 radical (unpaired) electrons. The van der Waals surface area contributed by atoms with Gasteiger partial charge in [0.05, 0.1) is 13.2 Å². The van der Waals surface area contributed by atoms with Gasteiger partial charge in [0.15, 0.2) is 5.96 Å². The molecular weight excluding hydrogens is 392 g/mol. The van der Waals surface area contributed by atoms with E-state index < -0.39 is 0 Å². The van der Waals surface area contributed by atoms with Gasteiger partial charge in [-0.3, -0.25) is 9.79 Å². The third-order valence-corrected chi connectivity index (χ3v) is 4.46. The van der Waals surface area contributed by atoms with Crippen LogP contribution in [0.3, 0.4) is 0 Å². The Kier molecular flexibility index (Phi) is 11.0. The molecule has 0 heterocycles. The predicted molar refractivity (Wildman–Crippen MR) is 124 cm³/mol. The van der Waals surface area contributed by atoms with Gasteiger partial charge in [-0.1, -0.05) is 43.3 Å². The number of aromatic hydroxyl groups is 1. The molecule has 0 aliphatic heterocycles. The molecule has 0 aromatic heterocycles. The SMILES string of the molecule is CCNC(=NCC(C)COCc1ccccc1)NCCCNC(=O)c1cccc(O)c1. The molecular formula is C24H34N4O3. The Hall–Kier alpha value is -3.06. The number of hydrogen-bond acceptors (Lipinski definition) is 4. The Morgan fingerprint density at radius 3 is 2.58 bits per heavy atom. The third kappa shape index (κ3) is 10.00. The molecule has 1 amide bonds. The van der Waals surface area contributed by atoms with Crippen molar-refractivity contribution in [2.45, 2.75) is 26.9 Å². The minimum absolute atomic E-state index is 0.0838. The van der Waals surface area contributed by atoms with Crippen molar-refractivity contribution in [3.63, 3.8) is 0 Å². The van der Waals surface area contributed by atoms with Gasteiger partial charge in [-0.25, -0.2) is 0 Å². The van der Waals surface area contributed by atoms with Gasteiger partial charge < -0.3 is 25.8 Å². The number of rotatable bonds is 12. The van der Waals surface area contributed by atoms with Gasteiger partial charge in [0.1, 0.15) is 5.75 Å². The highest BCUT2D eigenvalue weighted by molar-refractivity contribution is 5.94. The number of amides is 1. The first kappa shape index (κ1) is 24.2. The number of hydrogen-bond donors (Lipinski definition) is 4. The summed E-state index contributed by atoms with van der Waals surface area (Å²) in [6.07, 6.45) is 0.755. The van der Waals surface area contributed by atoms with Crippen LogP contribution in [-0.4, -0.2) is 49.8 Å². The van der Waals surface area contributed by atoms with E-state index in [1.165, 1.54) is 11.6 Å². The van der Waals surface area contributed by atoms with Gasteiger partial charge in [0.2, 0.25) is 0 Å². The van der Waals surface area contributed by atoms with Gasteiger partial charge in [0.25, 0.3) is 5.91 Å². The smallest absolute Gasteiger partial charge is 0.251 e. The van der Waals surface area contributed by atoms with Crippen molar-refractivity contribution in [3.05, 3.63) is 65.7 Å². The van der Waals surface area contributed by atoms with Crippen LogP contribution in [0.1, 0.15) is 36.2 Å². The average molecular weight is 427 g/mol. The molecule has 0 spiro atoms. The number of nitrogens with zero attached hydrogens (tertiary/aromatic N) is 1. The second-order valence-corrected chi connectivity index (χ2v) is 7.41. The van der Waals surface area contributed by atoms with E-state index >= 15 is 0 Å². The second kappa shape index (κ2) is 14.0. The van der Waals surface area contributed by atoms with E-state index in [2.05, 4.69) is 40.0 Å². The summed E-state index contributed by atoms with van der Waals surface area (Å²) >= 11 is 0. The van der Waals surface area contributed by atoms with Crippen LogP contribution in [0.5, 0.6) is 5.75 Å². The lowest BCUT2D eigenvalue weighted by atomic mass is 10.2. The zero-order chi connectivity index (χ0) is 22.3. The molecule has 0 aliphatic carbocycles. The molecule has 168 valence electrons.